The van der Waals surface area contributed by atoms with Crippen molar-refractivity contribution in [3.63, 3.8) is 0 Å². The van der Waals surface area contributed by atoms with Crippen LogP contribution in [0.4, 0.5) is 0 Å². The van der Waals surface area contributed by atoms with Gasteiger partial charge >= 0.3 is 0 Å². The summed E-state index contributed by atoms with van der Waals surface area (Å²) in [6, 6.07) is 17.6. The lowest BCUT2D eigenvalue weighted by molar-refractivity contribution is 0.0958. The fourth-order valence-corrected chi connectivity index (χ4v) is 4.52. The Kier molecular flexibility index (Phi) is 5.46. The molecular weight excluding hydrogens is 392 g/mol. The molecule has 6 heteroatoms. The minimum atomic E-state index is -0.0905. The average Bonchev–Trinajstić information content (AvgIpc) is 3.16. The smallest absolute Gasteiger partial charge is 0.261 e. The third-order valence-electron chi connectivity index (χ3n) is 4.48. The van der Waals surface area contributed by atoms with Gasteiger partial charge in [-0.25, -0.2) is 4.98 Å². The quantitative estimate of drug-likeness (QED) is 0.428. The monoisotopic (exact) mass is 410 g/mol. The summed E-state index contributed by atoms with van der Waals surface area (Å²) in [5, 5.41) is 5.26. The molecule has 2 aromatic carbocycles. The van der Waals surface area contributed by atoms with Gasteiger partial charge in [-0.3, -0.25) is 4.79 Å². The Morgan fingerprint density at radius 3 is 2.71 bits per heavy atom. The van der Waals surface area contributed by atoms with Gasteiger partial charge in [0, 0.05) is 22.0 Å². The number of fused-ring (bicyclic) bond motifs is 3. The predicted molar refractivity (Wildman–Crippen MR) is 116 cm³/mol. The number of rotatable bonds is 6. The van der Waals surface area contributed by atoms with Crippen LogP contribution in [0.15, 0.2) is 54.6 Å². The van der Waals surface area contributed by atoms with E-state index in [0.717, 1.165) is 38.7 Å². The summed E-state index contributed by atoms with van der Waals surface area (Å²) in [5.41, 5.74) is 1.99. The lowest BCUT2D eigenvalue weighted by Gasteiger charge is -2.06. The molecule has 0 spiro atoms. The highest BCUT2D eigenvalue weighted by atomic mass is 35.5. The van der Waals surface area contributed by atoms with Crippen molar-refractivity contribution >= 4 is 49.8 Å². The van der Waals surface area contributed by atoms with E-state index in [9.17, 15) is 4.79 Å². The van der Waals surface area contributed by atoms with Crippen LogP contribution in [-0.4, -0.2) is 24.0 Å². The largest absolute Gasteiger partial charge is 0.494 e. The highest BCUT2D eigenvalue weighted by Crippen LogP contribution is 2.35. The number of para-hydroxylation sites is 1. The number of nitrogens with zero attached hydrogens (tertiary/aromatic N) is 1. The van der Waals surface area contributed by atoms with Crippen LogP contribution >= 0.6 is 22.9 Å². The number of pyridine rings is 1. The zero-order chi connectivity index (χ0) is 19.5. The highest BCUT2D eigenvalue weighted by Gasteiger charge is 2.15. The summed E-state index contributed by atoms with van der Waals surface area (Å²) in [5.74, 6) is 0.769. The number of ether oxygens (including phenoxy) is 1. The van der Waals surface area contributed by atoms with E-state index in [1.165, 1.54) is 11.3 Å². The molecule has 28 heavy (non-hydrogen) atoms. The normalized spacial score (nSPS) is 11.1. The fraction of sp³-hybridized carbons (Fsp3) is 0.182. The first-order chi connectivity index (χ1) is 13.7. The summed E-state index contributed by atoms with van der Waals surface area (Å²) >= 11 is 7.78. The number of halogens is 1. The summed E-state index contributed by atoms with van der Waals surface area (Å²) in [6.45, 7) is 3.18. The van der Waals surface area contributed by atoms with E-state index in [0.29, 0.717) is 23.2 Å². The van der Waals surface area contributed by atoms with Crippen LogP contribution in [-0.2, 0) is 6.42 Å². The lowest BCUT2D eigenvalue weighted by Crippen LogP contribution is -2.24. The molecule has 1 amide bonds. The van der Waals surface area contributed by atoms with Gasteiger partial charge in [-0.05, 0) is 43.2 Å². The molecule has 0 aliphatic rings. The van der Waals surface area contributed by atoms with Gasteiger partial charge in [0.05, 0.1) is 17.0 Å². The van der Waals surface area contributed by atoms with Crippen molar-refractivity contribution in [1.29, 1.82) is 0 Å². The number of carbonyl (C=O) groups is 1. The van der Waals surface area contributed by atoms with Crippen molar-refractivity contribution in [2.45, 2.75) is 13.3 Å². The highest BCUT2D eigenvalue weighted by molar-refractivity contribution is 7.21. The maximum absolute atomic E-state index is 12.6. The van der Waals surface area contributed by atoms with Crippen LogP contribution in [0.2, 0.25) is 5.15 Å². The third kappa shape index (κ3) is 3.81. The van der Waals surface area contributed by atoms with Gasteiger partial charge in [0.25, 0.3) is 5.91 Å². The summed E-state index contributed by atoms with van der Waals surface area (Å²) in [6.07, 6.45) is 0.758. The Bertz CT molecular complexity index is 1140. The first kappa shape index (κ1) is 18.7. The second kappa shape index (κ2) is 8.17. The van der Waals surface area contributed by atoms with Crippen molar-refractivity contribution in [3.05, 3.63) is 70.2 Å². The number of nitrogens with one attached hydrogen (secondary N) is 1. The minimum absolute atomic E-state index is 0.0905. The summed E-state index contributed by atoms with van der Waals surface area (Å²) in [7, 11) is 0. The van der Waals surface area contributed by atoms with Gasteiger partial charge in [0.15, 0.2) is 0 Å². The van der Waals surface area contributed by atoms with E-state index in [2.05, 4.69) is 10.3 Å². The van der Waals surface area contributed by atoms with Crippen LogP contribution in [0.1, 0.15) is 22.2 Å². The molecule has 0 aliphatic carbocycles. The first-order valence-corrected chi connectivity index (χ1v) is 10.3. The van der Waals surface area contributed by atoms with Gasteiger partial charge < -0.3 is 10.1 Å². The van der Waals surface area contributed by atoms with Crippen molar-refractivity contribution in [3.8, 4) is 5.75 Å². The summed E-state index contributed by atoms with van der Waals surface area (Å²) < 4.78 is 6.44. The number of benzene rings is 2. The zero-order valence-corrected chi connectivity index (χ0v) is 16.9. The minimum Gasteiger partial charge on any atom is -0.494 e. The Balaban J connectivity index is 1.47. The molecular formula is C22H19ClN2O2S. The van der Waals surface area contributed by atoms with Crippen molar-refractivity contribution in [2.24, 2.45) is 0 Å². The maximum Gasteiger partial charge on any atom is 0.261 e. The molecule has 0 atom stereocenters. The molecule has 0 fully saturated rings. The molecule has 0 bridgehead atoms. The lowest BCUT2D eigenvalue weighted by atomic mass is 10.1. The van der Waals surface area contributed by atoms with Crippen LogP contribution in [0.25, 0.3) is 21.0 Å². The van der Waals surface area contributed by atoms with Crippen molar-refractivity contribution < 1.29 is 9.53 Å². The van der Waals surface area contributed by atoms with Crippen LogP contribution in [0, 0.1) is 0 Å². The molecule has 0 saturated carbocycles. The van der Waals surface area contributed by atoms with E-state index in [4.69, 9.17) is 16.3 Å². The SMILES string of the molecule is CCOc1ccc(CCNC(=O)c2cc3c(Cl)nc4ccccc4c3s2)cc1. The molecule has 0 saturated heterocycles. The van der Waals surface area contributed by atoms with E-state index < -0.39 is 0 Å². The molecule has 4 aromatic rings. The van der Waals surface area contributed by atoms with E-state index in [1.54, 1.807) is 0 Å². The van der Waals surface area contributed by atoms with E-state index >= 15 is 0 Å². The van der Waals surface area contributed by atoms with Crippen molar-refractivity contribution in [1.82, 2.24) is 10.3 Å². The predicted octanol–water partition coefficient (Wildman–Crippen LogP) is 5.47. The Hall–Kier alpha value is -2.63. The number of thiophene rings is 1. The first-order valence-electron chi connectivity index (χ1n) is 9.13. The van der Waals surface area contributed by atoms with Gasteiger partial charge in [0.1, 0.15) is 10.9 Å². The molecule has 0 unspecified atom stereocenters. The van der Waals surface area contributed by atoms with Crippen LogP contribution < -0.4 is 10.1 Å². The zero-order valence-electron chi connectivity index (χ0n) is 15.4. The standard InChI is InChI=1S/C22H19ClN2O2S/c1-2-27-15-9-7-14(8-10-15)11-12-24-22(26)19-13-17-20(28-19)16-5-3-4-6-18(16)25-21(17)23/h3-10,13H,2,11-12H2,1H3,(H,24,26). The Morgan fingerprint density at radius 1 is 1.14 bits per heavy atom. The van der Waals surface area contributed by atoms with E-state index in [-0.39, 0.29) is 5.91 Å². The molecule has 0 aliphatic heterocycles. The Labute approximate surface area is 172 Å². The van der Waals surface area contributed by atoms with Gasteiger partial charge in [0.2, 0.25) is 0 Å². The van der Waals surface area contributed by atoms with Crippen molar-refractivity contribution in [2.75, 3.05) is 13.2 Å². The second-order valence-electron chi connectivity index (χ2n) is 6.36. The Morgan fingerprint density at radius 2 is 1.93 bits per heavy atom. The van der Waals surface area contributed by atoms with Crippen LogP contribution in [0.5, 0.6) is 5.75 Å². The van der Waals surface area contributed by atoms with Gasteiger partial charge in [-0.2, -0.15) is 0 Å². The number of hydrogen-bond acceptors (Lipinski definition) is 4. The average molecular weight is 411 g/mol. The fourth-order valence-electron chi connectivity index (χ4n) is 3.11. The maximum atomic E-state index is 12.6. The van der Waals surface area contributed by atoms with Gasteiger partial charge in [-0.15, -0.1) is 11.3 Å². The number of aromatic nitrogens is 1. The molecule has 142 valence electrons. The molecule has 0 radical (unpaired) electrons. The number of amides is 1. The molecule has 2 heterocycles. The molecule has 4 nitrogen and oxygen atoms in total. The topological polar surface area (TPSA) is 51.2 Å². The van der Waals surface area contributed by atoms with Crippen LogP contribution in [0.3, 0.4) is 0 Å². The molecule has 1 N–H and O–H groups in total. The second-order valence-corrected chi connectivity index (χ2v) is 7.77. The number of carbonyl (C=O) groups excluding carboxylic acids is 1. The number of hydrogen-bond donors (Lipinski definition) is 1. The van der Waals surface area contributed by atoms with Gasteiger partial charge in [-0.1, -0.05) is 41.9 Å². The molecule has 2 aromatic heterocycles. The third-order valence-corrected chi connectivity index (χ3v) is 5.93. The van der Waals surface area contributed by atoms with E-state index in [1.807, 2.05) is 61.5 Å². The summed E-state index contributed by atoms with van der Waals surface area (Å²) in [4.78, 5) is 17.7. The molecule has 4 rings (SSSR count).